The molecule has 0 saturated heterocycles. The zero-order chi connectivity index (χ0) is 14.9. The topological polar surface area (TPSA) is 87.8 Å². The van der Waals surface area contributed by atoms with Gasteiger partial charge in [0.15, 0.2) is 11.2 Å². The van der Waals surface area contributed by atoms with Crippen LogP contribution in [-0.4, -0.2) is 25.2 Å². The minimum atomic E-state index is -0.324. The molecule has 1 atom stereocenters. The van der Waals surface area contributed by atoms with Crippen LogP contribution in [-0.2, 0) is 13.6 Å². The van der Waals surface area contributed by atoms with Crippen molar-refractivity contribution in [1.29, 1.82) is 0 Å². The van der Waals surface area contributed by atoms with Gasteiger partial charge in [-0.15, -0.1) is 0 Å². The molecule has 20 heavy (non-hydrogen) atoms. The van der Waals surface area contributed by atoms with Crippen molar-refractivity contribution in [3.05, 3.63) is 27.2 Å². The van der Waals surface area contributed by atoms with Crippen LogP contribution in [0, 0.1) is 0 Å². The number of unbranched alkanes of at least 4 members (excludes halogenated alkanes) is 1. The normalized spacial score (nSPS) is 13.0. The van der Waals surface area contributed by atoms with Crippen molar-refractivity contribution in [1.82, 2.24) is 18.7 Å². The van der Waals surface area contributed by atoms with Crippen LogP contribution >= 0.6 is 0 Å². The lowest BCUT2D eigenvalue weighted by Crippen LogP contribution is -2.39. The van der Waals surface area contributed by atoms with E-state index in [9.17, 15) is 9.59 Å². The first-order valence-corrected chi connectivity index (χ1v) is 6.89. The second-order valence-electron chi connectivity index (χ2n) is 5.06. The zero-order valence-electron chi connectivity index (χ0n) is 12.2. The number of fused-ring (bicyclic) bond motifs is 1. The van der Waals surface area contributed by atoms with Gasteiger partial charge in [0.25, 0.3) is 5.56 Å². The zero-order valence-corrected chi connectivity index (χ0v) is 12.2. The smallest absolute Gasteiger partial charge is 0.328 e. The van der Waals surface area contributed by atoms with Crippen molar-refractivity contribution in [2.24, 2.45) is 12.8 Å². The van der Waals surface area contributed by atoms with Gasteiger partial charge < -0.3 is 10.3 Å². The van der Waals surface area contributed by atoms with Crippen LogP contribution in [0.3, 0.4) is 0 Å². The van der Waals surface area contributed by atoms with Gasteiger partial charge in [0.2, 0.25) is 0 Å². The molecule has 110 valence electrons. The Bertz CT molecular complexity index is 725. The molecule has 2 rings (SSSR count). The van der Waals surface area contributed by atoms with Crippen LogP contribution in [0.4, 0.5) is 0 Å². The highest BCUT2D eigenvalue weighted by Gasteiger charge is 2.17. The van der Waals surface area contributed by atoms with E-state index in [4.69, 9.17) is 5.73 Å². The monoisotopic (exact) mass is 279 g/mol. The van der Waals surface area contributed by atoms with Crippen molar-refractivity contribution < 1.29 is 0 Å². The lowest BCUT2D eigenvalue weighted by atomic mass is 10.3. The molecule has 2 aromatic rings. The fourth-order valence-electron chi connectivity index (χ4n) is 2.24. The minimum Gasteiger partial charge on any atom is -0.328 e. The fourth-order valence-corrected chi connectivity index (χ4v) is 2.24. The van der Waals surface area contributed by atoms with Crippen molar-refractivity contribution >= 4 is 11.2 Å². The summed E-state index contributed by atoms with van der Waals surface area (Å²) in [4.78, 5) is 28.8. The quantitative estimate of drug-likeness (QED) is 0.848. The summed E-state index contributed by atoms with van der Waals surface area (Å²) in [5.74, 6) is 0. The van der Waals surface area contributed by atoms with Gasteiger partial charge in [-0.25, -0.2) is 9.78 Å². The van der Waals surface area contributed by atoms with Gasteiger partial charge >= 0.3 is 5.69 Å². The van der Waals surface area contributed by atoms with Crippen LogP contribution in [0.25, 0.3) is 11.2 Å². The molecule has 0 bridgehead atoms. The van der Waals surface area contributed by atoms with Crippen molar-refractivity contribution in [2.75, 3.05) is 6.54 Å². The number of nitrogens with zero attached hydrogens (tertiary/aromatic N) is 4. The average molecular weight is 279 g/mol. The first-order valence-electron chi connectivity index (χ1n) is 6.89. The summed E-state index contributed by atoms with van der Waals surface area (Å²) in [5, 5.41) is 0. The Labute approximate surface area is 116 Å². The number of nitrogens with two attached hydrogens (primary N) is 1. The van der Waals surface area contributed by atoms with Crippen molar-refractivity contribution in [3.8, 4) is 0 Å². The molecule has 0 aliphatic rings. The molecule has 7 nitrogen and oxygen atoms in total. The summed E-state index contributed by atoms with van der Waals surface area (Å²) in [6.07, 6.45) is 3.43. The summed E-state index contributed by atoms with van der Waals surface area (Å²) in [5.41, 5.74) is 5.92. The minimum absolute atomic E-state index is 0.0372. The SMILES string of the molecule is CCCCn1c(=O)n(C)c(=O)c2c1ncn2C(C)CN. The standard InChI is InChI=1S/C13H21N5O2/c1-4-5-6-17-11-10(12(19)16(3)13(17)20)18(8-15-11)9(2)7-14/h8-9H,4-7,14H2,1-3H3. The summed E-state index contributed by atoms with van der Waals surface area (Å²) < 4.78 is 4.46. The van der Waals surface area contributed by atoms with Crippen LogP contribution in [0.1, 0.15) is 32.7 Å². The van der Waals surface area contributed by atoms with E-state index in [1.54, 1.807) is 15.5 Å². The third-order valence-corrected chi connectivity index (χ3v) is 3.61. The summed E-state index contributed by atoms with van der Waals surface area (Å²) in [6, 6.07) is -0.0372. The highest BCUT2D eigenvalue weighted by molar-refractivity contribution is 5.70. The molecule has 7 heteroatoms. The van der Waals surface area contributed by atoms with Gasteiger partial charge in [-0.1, -0.05) is 13.3 Å². The molecule has 0 radical (unpaired) electrons. The maximum Gasteiger partial charge on any atom is 0.332 e. The Morgan fingerprint density at radius 1 is 1.40 bits per heavy atom. The van der Waals surface area contributed by atoms with E-state index < -0.39 is 0 Å². The third-order valence-electron chi connectivity index (χ3n) is 3.61. The number of aromatic nitrogens is 4. The number of hydrogen-bond donors (Lipinski definition) is 1. The van der Waals surface area contributed by atoms with Gasteiger partial charge in [-0.05, 0) is 13.3 Å². The fraction of sp³-hybridized carbons (Fsp3) is 0.615. The molecule has 0 spiro atoms. The van der Waals surface area contributed by atoms with Crippen LogP contribution in [0.2, 0.25) is 0 Å². The first kappa shape index (κ1) is 14.5. The van der Waals surface area contributed by atoms with E-state index in [-0.39, 0.29) is 17.3 Å². The molecule has 0 fully saturated rings. The Kier molecular flexibility index (Phi) is 4.08. The molecule has 2 N–H and O–H groups in total. The van der Waals surface area contributed by atoms with Gasteiger partial charge in [0.1, 0.15) is 0 Å². The van der Waals surface area contributed by atoms with E-state index in [1.165, 1.54) is 7.05 Å². The Balaban J connectivity index is 2.78. The van der Waals surface area contributed by atoms with E-state index in [0.29, 0.717) is 24.3 Å². The third kappa shape index (κ3) is 2.18. The molecule has 2 heterocycles. The highest BCUT2D eigenvalue weighted by Crippen LogP contribution is 2.12. The van der Waals surface area contributed by atoms with Crippen LogP contribution < -0.4 is 17.0 Å². The van der Waals surface area contributed by atoms with Crippen LogP contribution in [0.15, 0.2) is 15.9 Å². The van der Waals surface area contributed by atoms with Gasteiger partial charge in [-0.3, -0.25) is 13.9 Å². The number of aryl methyl sites for hydroxylation is 1. The van der Waals surface area contributed by atoms with Gasteiger partial charge in [-0.2, -0.15) is 0 Å². The molecule has 0 saturated carbocycles. The largest absolute Gasteiger partial charge is 0.332 e. The lowest BCUT2D eigenvalue weighted by molar-refractivity contribution is 0.562. The average Bonchev–Trinajstić information content (AvgIpc) is 2.89. The maximum absolute atomic E-state index is 12.3. The lowest BCUT2D eigenvalue weighted by Gasteiger charge is -2.13. The second kappa shape index (κ2) is 5.62. The van der Waals surface area contributed by atoms with Crippen LogP contribution in [0.5, 0.6) is 0 Å². The predicted molar refractivity (Wildman–Crippen MR) is 77.9 cm³/mol. The van der Waals surface area contributed by atoms with Gasteiger partial charge in [0.05, 0.1) is 6.33 Å². The maximum atomic E-state index is 12.3. The summed E-state index contributed by atoms with van der Waals surface area (Å²) >= 11 is 0. The molecular weight excluding hydrogens is 258 g/mol. The predicted octanol–water partition coefficient (Wildman–Crippen LogP) is 0.217. The molecule has 0 aromatic carbocycles. The summed E-state index contributed by atoms with van der Waals surface area (Å²) in [7, 11) is 1.50. The highest BCUT2D eigenvalue weighted by atomic mass is 16.2. The number of hydrogen-bond acceptors (Lipinski definition) is 4. The van der Waals surface area contributed by atoms with E-state index >= 15 is 0 Å². The molecule has 0 aliphatic carbocycles. The molecule has 1 unspecified atom stereocenters. The first-order chi connectivity index (χ1) is 9.52. The molecule has 0 aliphatic heterocycles. The summed E-state index contributed by atoms with van der Waals surface area (Å²) in [6.45, 7) is 4.94. The van der Waals surface area contributed by atoms with Gasteiger partial charge in [0, 0.05) is 26.2 Å². The second-order valence-corrected chi connectivity index (χ2v) is 5.06. The number of rotatable bonds is 5. The van der Waals surface area contributed by atoms with Crippen molar-refractivity contribution in [2.45, 2.75) is 39.3 Å². The Morgan fingerprint density at radius 3 is 2.70 bits per heavy atom. The molecular formula is C13H21N5O2. The van der Waals surface area contributed by atoms with E-state index in [2.05, 4.69) is 11.9 Å². The molecule has 2 aromatic heterocycles. The Morgan fingerprint density at radius 2 is 2.10 bits per heavy atom. The number of imidazole rings is 1. The Hall–Kier alpha value is -1.89. The van der Waals surface area contributed by atoms with E-state index in [0.717, 1.165) is 17.4 Å². The molecule has 0 amide bonds. The van der Waals surface area contributed by atoms with E-state index in [1.807, 2.05) is 6.92 Å². The van der Waals surface area contributed by atoms with Crippen molar-refractivity contribution in [3.63, 3.8) is 0 Å².